The van der Waals surface area contributed by atoms with Crippen LogP contribution in [0, 0.1) is 5.92 Å². The zero-order valence-electron chi connectivity index (χ0n) is 14.9. The van der Waals surface area contributed by atoms with Crippen molar-refractivity contribution in [3.05, 3.63) is 0 Å². The van der Waals surface area contributed by atoms with Gasteiger partial charge in [-0.2, -0.15) is 0 Å². The van der Waals surface area contributed by atoms with Crippen molar-refractivity contribution >= 4 is 33.5 Å². The van der Waals surface area contributed by atoms with Gasteiger partial charge in [-0.25, -0.2) is 0 Å². The predicted octanol–water partition coefficient (Wildman–Crippen LogP) is 2.05. The smallest absolute Gasteiger partial charge is 0.306 e. The van der Waals surface area contributed by atoms with E-state index < -0.39 is 26.2 Å². The summed E-state index contributed by atoms with van der Waals surface area (Å²) in [4.78, 5) is 22.9. The van der Waals surface area contributed by atoms with Gasteiger partial charge in [-0.15, -0.1) is 0 Å². The van der Waals surface area contributed by atoms with Crippen molar-refractivity contribution in [3.63, 3.8) is 0 Å². The highest BCUT2D eigenvalue weighted by Gasteiger charge is 2.37. The van der Waals surface area contributed by atoms with Gasteiger partial charge in [0.25, 0.3) is 0 Å². The van der Waals surface area contributed by atoms with Gasteiger partial charge in [0.15, 0.2) is 0 Å². The molecule has 6 atom stereocenters. The van der Waals surface area contributed by atoms with Crippen LogP contribution in [0.5, 0.6) is 0 Å². The number of ether oxygens (including phenoxy) is 2. The molecule has 144 valence electrons. The first-order valence-electron chi connectivity index (χ1n) is 9.05. The van der Waals surface area contributed by atoms with E-state index in [-0.39, 0.29) is 30.1 Å². The Morgan fingerprint density at radius 2 is 1.68 bits per heavy atom. The van der Waals surface area contributed by atoms with Crippen LogP contribution < -0.4 is 0 Å². The van der Waals surface area contributed by atoms with E-state index in [1.165, 1.54) is 0 Å². The molecule has 6 nitrogen and oxygen atoms in total. The Labute approximate surface area is 154 Å². The van der Waals surface area contributed by atoms with Crippen LogP contribution >= 0.6 is 0 Å². The second-order valence-electron chi connectivity index (χ2n) is 6.70. The minimum atomic E-state index is -1.33. The van der Waals surface area contributed by atoms with Crippen LogP contribution in [0.2, 0.25) is 0 Å². The molecule has 0 aromatic carbocycles. The molecule has 0 aromatic rings. The van der Waals surface area contributed by atoms with Gasteiger partial charge in [0.1, 0.15) is 16.8 Å². The minimum absolute atomic E-state index is 0.191. The summed E-state index contributed by atoms with van der Waals surface area (Å²) in [5, 5.41) is 0. The third-order valence-electron chi connectivity index (χ3n) is 4.82. The lowest BCUT2D eigenvalue weighted by Gasteiger charge is -2.32. The van der Waals surface area contributed by atoms with Gasteiger partial charge >= 0.3 is 11.9 Å². The summed E-state index contributed by atoms with van der Waals surface area (Å²) in [6.07, 6.45) is 3.95. The second-order valence-corrected chi connectivity index (χ2v) is 10.5. The Kier molecular flexibility index (Phi) is 8.06. The minimum Gasteiger partial charge on any atom is -0.462 e. The average Bonchev–Trinajstić information content (AvgIpc) is 2.60. The Morgan fingerprint density at radius 1 is 1.04 bits per heavy atom. The molecule has 6 unspecified atom stereocenters. The van der Waals surface area contributed by atoms with Crippen molar-refractivity contribution in [2.24, 2.45) is 5.92 Å². The predicted molar refractivity (Wildman–Crippen MR) is 96.7 cm³/mol. The quantitative estimate of drug-likeness (QED) is 0.588. The molecule has 2 heterocycles. The van der Waals surface area contributed by atoms with E-state index in [2.05, 4.69) is 0 Å². The fourth-order valence-electron chi connectivity index (χ4n) is 3.39. The molecule has 0 radical (unpaired) electrons. The highest BCUT2D eigenvalue weighted by molar-refractivity contribution is 8.03. The maximum Gasteiger partial charge on any atom is 0.306 e. The Bertz CT molecular complexity index is 535. The van der Waals surface area contributed by atoms with Crippen LogP contribution in [-0.2, 0) is 40.7 Å². The van der Waals surface area contributed by atoms with Crippen molar-refractivity contribution in [1.82, 2.24) is 0 Å². The standard InChI is InChI=1S/C17H28O6S2/c1-3-24(20)17(12(2)14-7-5-9-16(19)23-14)25(21)11-10-13-6-4-8-15(18)22-13/h12-14,17H,3-11H2,1-2H3. The second kappa shape index (κ2) is 9.80. The molecule has 25 heavy (non-hydrogen) atoms. The molecule has 0 aliphatic carbocycles. The Balaban J connectivity index is 1.97. The van der Waals surface area contributed by atoms with Crippen LogP contribution in [0.1, 0.15) is 58.8 Å². The zero-order chi connectivity index (χ0) is 18.4. The normalized spacial score (nSPS) is 29.2. The zero-order valence-corrected chi connectivity index (χ0v) is 16.6. The van der Waals surface area contributed by atoms with E-state index in [1.807, 2.05) is 13.8 Å². The van der Waals surface area contributed by atoms with Gasteiger partial charge in [0.05, 0.1) is 0 Å². The Morgan fingerprint density at radius 3 is 2.28 bits per heavy atom. The summed E-state index contributed by atoms with van der Waals surface area (Å²) >= 11 is 0. The number of rotatable bonds is 8. The van der Waals surface area contributed by atoms with E-state index >= 15 is 0 Å². The molecular formula is C17H28O6S2. The van der Waals surface area contributed by atoms with Crippen molar-refractivity contribution in [1.29, 1.82) is 0 Å². The Hall–Kier alpha value is -0.760. The van der Waals surface area contributed by atoms with Crippen molar-refractivity contribution in [2.45, 2.75) is 75.6 Å². The fraction of sp³-hybridized carbons (Fsp3) is 0.882. The summed E-state index contributed by atoms with van der Waals surface area (Å²) in [5.41, 5.74) is 0. The van der Waals surface area contributed by atoms with E-state index in [0.29, 0.717) is 30.8 Å². The molecule has 0 bridgehead atoms. The van der Waals surface area contributed by atoms with Gasteiger partial charge in [-0.1, -0.05) is 13.8 Å². The lowest BCUT2D eigenvalue weighted by molar-refractivity contribution is -0.156. The van der Waals surface area contributed by atoms with Crippen LogP contribution in [0.4, 0.5) is 0 Å². The summed E-state index contributed by atoms with van der Waals surface area (Å²) in [7, 11) is -2.58. The van der Waals surface area contributed by atoms with Gasteiger partial charge < -0.3 is 9.47 Å². The van der Waals surface area contributed by atoms with Crippen LogP contribution in [0.15, 0.2) is 0 Å². The van der Waals surface area contributed by atoms with Gasteiger partial charge in [0.2, 0.25) is 0 Å². The largest absolute Gasteiger partial charge is 0.462 e. The first kappa shape index (κ1) is 20.6. The van der Waals surface area contributed by atoms with E-state index in [9.17, 15) is 18.0 Å². The van der Waals surface area contributed by atoms with E-state index in [1.54, 1.807) is 0 Å². The molecule has 8 heteroatoms. The number of esters is 2. The molecule has 2 fully saturated rings. The summed E-state index contributed by atoms with van der Waals surface area (Å²) in [6.45, 7) is 3.68. The van der Waals surface area contributed by atoms with Crippen LogP contribution in [0.25, 0.3) is 0 Å². The van der Waals surface area contributed by atoms with Crippen molar-refractivity contribution in [2.75, 3.05) is 11.5 Å². The molecule has 0 amide bonds. The van der Waals surface area contributed by atoms with Gasteiger partial charge in [-0.05, 0) is 32.1 Å². The molecule has 2 saturated heterocycles. The highest BCUT2D eigenvalue weighted by Crippen LogP contribution is 2.28. The SMILES string of the molecule is CCS(=O)C(C(C)C1CCCC(=O)O1)S(=O)CCC1CCCC(=O)O1. The summed E-state index contributed by atoms with van der Waals surface area (Å²) in [5.74, 6) is 0.112. The number of cyclic esters (lactones) is 2. The third-order valence-corrected chi connectivity index (χ3v) is 9.21. The molecule has 0 saturated carbocycles. The van der Waals surface area contributed by atoms with E-state index in [4.69, 9.17) is 9.47 Å². The number of hydrogen-bond acceptors (Lipinski definition) is 6. The topological polar surface area (TPSA) is 86.7 Å². The molecule has 0 spiro atoms. The molecule has 0 N–H and O–H groups in total. The fourth-order valence-corrected chi connectivity index (χ4v) is 7.41. The van der Waals surface area contributed by atoms with Crippen LogP contribution in [-0.4, -0.2) is 48.7 Å². The molecule has 2 aliphatic heterocycles. The average molecular weight is 393 g/mol. The highest BCUT2D eigenvalue weighted by atomic mass is 32.2. The molecule has 0 aromatic heterocycles. The van der Waals surface area contributed by atoms with E-state index in [0.717, 1.165) is 25.7 Å². The first-order valence-corrected chi connectivity index (χ1v) is 11.8. The lowest BCUT2D eigenvalue weighted by Crippen LogP contribution is -2.41. The van der Waals surface area contributed by atoms with Crippen molar-refractivity contribution < 1.29 is 27.5 Å². The monoisotopic (exact) mass is 392 g/mol. The van der Waals surface area contributed by atoms with Gasteiger partial charge in [-0.3, -0.25) is 18.0 Å². The molecular weight excluding hydrogens is 364 g/mol. The third kappa shape index (κ3) is 5.88. The number of hydrogen-bond donors (Lipinski definition) is 0. The number of carbonyl (C=O) groups excluding carboxylic acids is 2. The first-order chi connectivity index (χ1) is 11.9. The maximum absolute atomic E-state index is 12.9. The van der Waals surface area contributed by atoms with Crippen molar-refractivity contribution in [3.8, 4) is 0 Å². The summed E-state index contributed by atoms with van der Waals surface area (Å²) in [6, 6.07) is 0. The van der Waals surface area contributed by atoms with Gasteiger partial charge in [0, 0.05) is 51.9 Å². The maximum atomic E-state index is 12.9. The molecule has 2 aliphatic rings. The molecule has 2 rings (SSSR count). The summed E-state index contributed by atoms with van der Waals surface area (Å²) < 4.78 is 35.5. The lowest BCUT2D eigenvalue weighted by atomic mass is 9.98. The van der Waals surface area contributed by atoms with Crippen LogP contribution in [0.3, 0.4) is 0 Å². The number of carbonyl (C=O) groups is 2.